The number of hydrogen-bond acceptors (Lipinski definition) is 3. The Labute approximate surface area is 209 Å². The molecule has 0 radical (unpaired) electrons. The van der Waals surface area contributed by atoms with Gasteiger partial charge in [-0.3, -0.25) is 14.6 Å². The SMILES string of the molecule is CCC(C)N1C(=O)[C@H](NC(=O)Cc2ccc(C(F)(F)F)cc2C(F)(F)F)N=C(C2CC2)c2ccccc21. The van der Waals surface area contributed by atoms with E-state index in [2.05, 4.69) is 10.3 Å². The number of anilines is 1. The Balaban J connectivity index is 1.66. The Bertz CT molecular complexity index is 1230. The number of para-hydroxylation sites is 1. The summed E-state index contributed by atoms with van der Waals surface area (Å²) in [6.07, 6.45) is -10.0. The van der Waals surface area contributed by atoms with Crippen LogP contribution in [0.1, 0.15) is 55.4 Å². The Morgan fingerprint density at radius 1 is 1.08 bits per heavy atom. The lowest BCUT2D eigenvalue weighted by atomic mass is 10.00. The molecule has 2 aromatic carbocycles. The predicted octanol–water partition coefficient (Wildman–Crippen LogP) is 5.75. The van der Waals surface area contributed by atoms with Gasteiger partial charge in [-0.1, -0.05) is 31.2 Å². The van der Waals surface area contributed by atoms with E-state index in [4.69, 9.17) is 0 Å². The monoisotopic (exact) mass is 525 g/mol. The van der Waals surface area contributed by atoms with Gasteiger partial charge in [-0.25, -0.2) is 0 Å². The van der Waals surface area contributed by atoms with Crippen LogP contribution >= 0.6 is 0 Å². The zero-order valence-electron chi connectivity index (χ0n) is 20.1. The van der Waals surface area contributed by atoms with E-state index in [0.29, 0.717) is 30.0 Å². The molecule has 1 heterocycles. The van der Waals surface area contributed by atoms with Crippen LogP contribution in [0.5, 0.6) is 0 Å². The molecule has 5 nitrogen and oxygen atoms in total. The van der Waals surface area contributed by atoms with Gasteiger partial charge in [0.25, 0.3) is 5.91 Å². The Kier molecular flexibility index (Phi) is 7.09. The van der Waals surface area contributed by atoms with E-state index in [1.165, 1.54) is 0 Å². The lowest BCUT2D eigenvalue weighted by Crippen LogP contribution is -2.50. The van der Waals surface area contributed by atoms with Crippen molar-refractivity contribution in [2.75, 3.05) is 4.90 Å². The molecule has 198 valence electrons. The number of hydrogen-bond donors (Lipinski definition) is 1. The molecule has 2 aromatic rings. The largest absolute Gasteiger partial charge is 0.416 e. The Morgan fingerprint density at radius 2 is 1.76 bits per heavy atom. The van der Waals surface area contributed by atoms with Gasteiger partial charge in [0.2, 0.25) is 12.1 Å². The van der Waals surface area contributed by atoms with E-state index in [1.54, 1.807) is 17.0 Å². The van der Waals surface area contributed by atoms with Crippen LogP contribution in [0.15, 0.2) is 47.5 Å². The standard InChI is InChI=1S/C26H25F6N3O2/c1-3-14(2)35-20-7-5-4-6-18(20)22(15-8-9-15)34-23(24(35)37)33-21(36)12-16-10-11-17(25(27,28)29)13-19(16)26(30,31)32/h4-7,10-11,13-15,23H,3,8-9,12H2,1-2H3,(H,33,36)/t14?,23-/m1/s1. The molecule has 4 rings (SSSR count). The van der Waals surface area contributed by atoms with E-state index in [0.717, 1.165) is 18.4 Å². The van der Waals surface area contributed by atoms with Gasteiger partial charge >= 0.3 is 12.4 Å². The number of amides is 2. The van der Waals surface area contributed by atoms with E-state index in [-0.39, 0.29) is 18.0 Å². The van der Waals surface area contributed by atoms with Crippen LogP contribution < -0.4 is 10.2 Å². The fourth-order valence-electron chi connectivity index (χ4n) is 4.38. The third-order valence-corrected chi connectivity index (χ3v) is 6.57. The summed E-state index contributed by atoms with van der Waals surface area (Å²) in [5.41, 5.74) is -1.61. The number of fused-ring (bicyclic) bond motifs is 1. The van der Waals surface area contributed by atoms with Gasteiger partial charge in [0.05, 0.1) is 28.9 Å². The minimum atomic E-state index is -5.11. The number of carbonyl (C=O) groups is 2. The van der Waals surface area contributed by atoms with Gasteiger partial charge in [0, 0.05) is 17.5 Å². The van der Waals surface area contributed by atoms with Gasteiger partial charge in [-0.2, -0.15) is 26.3 Å². The maximum Gasteiger partial charge on any atom is 0.416 e. The van der Waals surface area contributed by atoms with Crippen molar-refractivity contribution in [3.8, 4) is 0 Å². The van der Waals surface area contributed by atoms with Crippen molar-refractivity contribution in [2.24, 2.45) is 10.9 Å². The van der Waals surface area contributed by atoms with E-state index >= 15 is 0 Å². The first-order valence-corrected chi connectivity index (χ1v) is 11.9. The summed E-state index contributed by atoms with van der Waals surface area (Å²) in [7, 11) is 0. The highest BCUT2D eigenvalue weighted by Crippen LogP contribution is 2.39. The Morgan fingerprint density at radius 3 is 2.35 bits per heavy atom. The minimum absolute atomic E-state index is 0.00985. The number of halogens is 6. The molecule has 1 N–H and O–H groups in total. The molecule has 0 bridgehead atoms. The maximum absolute atomic E-state index is 13.6. The van der Waals surface area contributed by atoms with Crippen LogP contribution in [0, 0.1) is 5.92 Å². The number of nitrogens with zero attached hydrogens (tertiary/aromatic N) is 2. The lowest BCUT2D eigenvalue weighted by Gasteiger charge is -2.30. The van der Waals surface area contributed by atoms with Gasteiger partial charge in [-0.05, 0) is 49.9 Å². The molecule has 2 amide bonds. The zero-order chi connectivity index (χ0) is 27.1. The topological polar surface area (TPSA) is 61.8 Å². The first-order chi connectivity index (χ1) is 17.3. The number of nitrogens with one attached hydrogen (secondary N) is 1. The van der Waals surface area contributed by atoms with Gasteiger partial charge in [0.1, 0.15) is 0 Å². The summed E-state index contributed by atoms with van der Waals surface area (Å²) in [5, 5.41) is 2.43. The smallest absolute Gasteiger partial charge is 0.326 e. The number of rotatable bonds is 6. The third-order valence-electron chi connectivity index (χ3n) is 6.57. The lowest BCUT2D eigenvalue weighted by molar-refractivity contribution is -0.143. The number of aliphatic imine (C=N–C) groups is 1. The summed E-state index contributed by atoms with van der Waals surface area (Å²) in [5.74, 6) is -1.40. The first kappa shape index (κ1) is 26.7. The van der Waals surface area contributed by atoms with Gasteiger partial charge < -0.3 is 10.2 Å². The average molecular weight is 525 g/mol. The summed E-state index contributed by atoms with van der Waals surface area (Å²) in [4.78, 5) is 32.5. The average Bonchev–Trinajstić information content (AvgIpc) is 3.66. The molecule has 1 fully saturated rings. The van der Waals surface area contributed by atoms with E-state index in [9.17, 15) is 35.9 Å². The predicted molar refractivity (Wildman–Crippen MR) is 125 cm³/mol. The van der Waals surface area contributed by atoms with E-state index in [1.807, 2.05) is 26.0 Å². The van der Waals surface area contributed by atoms with Crippen molar-refractivity contribution in [1.82, 2.24) is 5.32 Å². The summed E-state index contributed by atoms with van der Waals surface area (Å²) >= 11 is 0. The molecule has 1 unspecified atom stereocenters. The van der Waals surface area contributed by atoms with Crippen LogP contribution in [0.4, 0.5) is 32.0 Å². The van der Waals surface area contributed by atoms with Crippen molar-refractivity contribution in [1.29, 1.82) is 0 Å². The van der Waals surface area contributed by atoms with Crippen molar-refractivity contribution in [3.63, 3.8) is 0 Å². The highest BCUT2D eigenvalue weighted by atomic mass is 19.4. The summed E-state index contributed by atoms with van der Waals surface area (Å²) in [6, 6.07) is 8.11. The second-order valence-corrected chi connectivity index (χ2v) is 9.29. The normalized spacial score (nSPS) is 19.1. The number of benzodiazepines with no additional fused rings is 1. The molecule has 37 heavy (non-hydrogen) atoms. The van der Waals surface area contributed by atoms with Crippen molar-refractivity contribution >= 4 is 23.2 Å². The molecule has 0 saturated heterocycles. The number of carbonyl (C=O) groups excluding carboxylic acids is 2. The van der Waals surface area contributed by atoms with Crippen LogP contribution in [0.2, 0.25) is 0 Å². The van der Waals surface area contributed by atoms with Crippen molar-refractivity contribution < 1.29 is 35.9 Å². The van der Waals surface area contributed by atoms with Crippen LogP contribution in [-0.4, -0.2) is 29.7 Å². The molecule has 0 aromatic heterocycles. The minimum Gasteiger partial charge on any atom is -0.326 e. The molecule has 1 aliphatic carbocycles. The maximum atomic E-state index is 13.6. The number of benzene rings is 2. The molecule has 2 atom stereocenters. The zero-order valence-corrected chi connectivity index (χ0v) is 20.1. The van der Waals surface area contributed by atoms with Crippen LogP contribution in [0.25, 0.3) is 0 Å². The third kappa shape index (κ3) is 5.65. The highest BCUT2D eigenvalue weighted by Gasteiger charge is 2.40. The van der Waals surface area contributed by atoms with Gasteiger partial charge in [0.15, 0.2) is 0 Å². The van der Waals surface area contributed by atoms with E-state index < -0.39 is 53.4 Å². The van der Waals surface area contributed by atoms with Crippen molar-refractivity contribution in [3.05, 3.63) is 64.7 Å². The van der Waals surface area contributed by atoms with Crippen LogP contribution in [-0.2, 0) is 28.4 Å². The highest BCUT2D eigenvalue weighted by molar-refractivity contribution is 6.14. The molecular weight excluding hydrogens is 500 g/mol. The molecule has 1 aliphatic heterocycles. The molecule has 0 spiro atoms. The second kappa shape index (κ2) is 9.83. The fraction of sp³-hybridized carbons (Fsp3) is 0.423. The van der Waals surface area contributed by atoms with Gasteiger partial charge in [-0.15, -0.1) is 0 Å². The number of alkyl halides is 6. The Hall–Kier alpha value is -3.37. The quantitative estimate of drug-likeness (QED) is 0.488. The summed E-state index contributed by atoms with van der Waals surface area (Å²) < 4.78 is 79.6. The molecular formula is C26H25F6N3O2. The fourth-order valence-corrected chi connectivity index (χ4v) is 4.38. The molecule has 11 heteroatoms. The van der Waals surface area contributed by atoms with Crippen LogP contribution in [0.3, 0.4) is 0 Å². The molecule has 2 aliphatic rings. The van der Waals surface area contributed by atoms with Crippen molar-refractivity contribution in [2.45, 2.75) is 64.1 Å². The first-order valence-electron chi connectivity index (χ1n) is 11.9. The summed E-state index contributed by atoms with van der Waals surface area (Å²) in [6.45, 7) is 3.73. The molecule has 1 saturated carbocycles. The second-order valence-electron chi connectivity index (χ2n) is 9.29.